The molecule has 0 radical (unpaired) electrons. The maximum atomic E-state index is 11.4. The molecule has 1 aromatic heterocycles. The first-order valence-electron chi connectivity index (χ1n) is 10.3. The van der Waals surface area contributed by atoms with Crippen molar-refractivity contribution in [3.63, 3.8) is 0 Å². The molecule has 2 heterocycles. The van der Waals surface area contributed by atoms with Crippen molar-refractivity contribution in [2.45, 2.75) is 25.5 Å². The molecule has 3 aromatic rings. The van der Waals surface area contributed by atoms with Crippen molar-refractivity contribution in [3.8, 4) is 5.75 Å². The third kappa shape index (κ3) is 4.69. The highest BCUT2D eigenvalue weighted by Gasteiger charge is 2.31. The topological polar surface area (TPSA) is 62.7 Å². The Labute approximate surface area is 177 Å². The molecule has 1 aliphatic rings. The van der Waals surface area contributed by atoms with Crippen molar-refractivity contribution in [2.75, 3.05) is 13.1 Å². The van der Waals surface area contributed by atoms with Crippen LogP contribution in [0.2, 0.25) is 0 Å². The smallest absolute Gasteiger partial charge is 0.306 e. The van der Waals surface area contributed by atoms with Crippen LogP contribution in [0, 0.1) is 5.92 Å². The molecule has 1 unspecified atom stereocenters. The van der Waals surface area contributed by atoms with Gasteiger partial charge in [0.2, 0.25) is 0 Å². The van der Waals surface area contributed by atoms with Gasteiger partial charge in [-0.3, -0.25) is 14.7 Å². The molecule has 5 nitrogen and oxygen atoms in total. The molecular formula is C25H26N2O3. The van der Waals surface area contributed by atoms with Crippen LogP contribution in [0.1, 0.15) is 35.6 Å². The van der Waals surface area contributed by atoms with Gasteiger partial charge < -0.3 is 9.84 Å². The Kier molecular flexibility index (Phi) is 6.40. The maximum absolute atomic E-state index is 11.4. The standard InChI is InChI=1S/C25H26N2O3/c28-25(29)20-12-15-27(16-13-20)24(21-9-6-14-26-17-21)22-10-4-5-11-23(22)30-18-19-7-2-1-3-8-19/h1-11,14,17,20,24H,12-13,15-16,18H2,(H,28,29). The number of carboxylic acid groups (broad SMARTS) is 1. The molecule has 1 aliphatic heterocycles. The molecule has 0 amide bonds. The van der Waals surface area contributed by atoms with E-state index >= 15 is 0 Å². The number of carboxylic acids is 1. The normalized spacial score (nSPS) is 16.1. The predicted molar refractivity (Wildman–Crippen MR) is 115 cm³/mol. The zero-order chi connectivity index (χ0) is 20.8. The molecule has 1 atom stereocenters. The molecule has 4 rings (SSSR count). The summed E-state index contributed by atoms with van der Waals surface area (Å²) in [6, 6.07) is 22.2. The van der Waals surface area contributed by atoms with Crippen LogP contribution in [0.15, 0.2) is 79.1 Å². The number of aromatic nitrogens is 1. The molecule has 1 N–H and O–H groups in total. The number of likely N-dealkylation sites (tertiary alicyclic amines) is 1. The van der Waals surface area contributed by atoms with Crippen LogP contribution in [0.25, 0.3) is 0 Å². The molecule has 0 saturated carbocycles. The van der Waals surface area contributed by atoms with E-state index in [2.05, 4.69) is 34.1 Å². The van der Waals surface area contributed by atoms with E-state index in [1.807, 2.05) is 48.7 Å². The summed E-state index contributed by atoms with van der Waals surface area (Å²) in [6.07, 6.45) is 4.97. The number of nitrogens with zero attached hydrogens (tertiary/aromatic N) is 2. The molecule has 2 aromatic carbocycles. The van der Waals surface area contributed by atoms with E-state index < -0.39 is 5.97 Å². The monoisotopic (exact) mass is 402 g/mol. The Hall–Kier alpha value is -3.18. The van der Waals surface area contributed by atoms with Crippen LogP contribution in [0.5, 0.6) is 5.75 Å². The van der Waals surface area contributed by atoms with Crippen molar-refractivity contribution in [3.05, 3.63) is 95.8 Å². The number of piperidine rings is 1. The van der Waals surface area contributed by atoms with Gasteiger partial charge in [-0.05, 0) is 49.2 Å². The number of hydrogen-bond donors (Lipinski definition) is 1. The fraction of sp³-hybridized carbons (Fsp3) is 0.280. The minimum Gasteiger partial charge on any atom is -0.489 e. The lowest BCUT2D eigenvalue weighted by Gasteiger charge is -2.37. The van der Waals surface area contributed by atoms with Gasteiger partial charge in [-0.2, -0.15) is 0 Å². The molecular weight excluding hydrogens is 376 g/mol. The summed E-state index contributed by atoms with van der Waals surface area (Å²) in [5.74, 6) is -0.116. The first-order chi connectivity index (χ1) is 14.7. The van der Waals surface area contributed by atoms with Gasteiger partial charge in [0, 0.05) is 18.0 Å². The van der Waals surface area contributed by atoms with Crippen LogP contribution in [0.3, 0.4) is 0 Å². The number of ether oxygens (including phenoxy) is 1. The molecule has 0 aliphatic carbocycles. The Morgan fingerprint density at radius 2 is 1.77 bits per heavy atom. The summed E-state index contributed by atoms with van der Waals surface area (Å²) in [6.45, 7) is 1.95. The number of hydrogen-bond acceptors (Lipinski definition) is 4. The van der Waals surface area contributed by atoms with Crippen LogP contribution >= 0.6 is 0 Å². The Morgan fingerprint density at radius 1 is 1.03 bits per heavy atom. The second-order valence-electron chi connectivity index (χ2n) is 7.65. The van der Waals surface area contributed by atoms with Crippen molar-refractivity contribution < 1.29 is 14.6 Å². The second kappa shape index (κ2) is 9.55. The highest BCUT2D eigenvalue weighted by molar-refractivity contribution is 5.70. The van der Waals surface area contributed by atoms with E-state index in [1.165, 1.54) is 0 Å². The lowest BCUT2D eigenvalue weighted by molar-refractivity contribution is -0.143. The molecule has 0 bridgehead atoms. The van der Waals surface area contributed by atoms with Crippen LogP contribution in [-0.4, -0.2) is 34.0 Å². The van der Waals surface area contributed by atoms with E-state index in [4.69, 9.17) is 4.74 Å². The molecule has 154 valence electrons. The average Bonchev–Trinajstić information content (AvgIpc) is 2.80. The molecule has 30 heavy (non-hydrogen) atoms. The minimum absolute atomic E-state index is 0.0274. The minimum atomic E-state index is -0.695. The van der Waals surface area contributed by atoms with Gasteiger partial charge in [0.1, 0.15) is 12.4 Å². The number of carbonyl (C=O) groups is 1. The molecule has 1 saturated heterocycles. The fourth-order valence-corrected chi connectivity index (χ4v) is 4.10. The zero-order valence-electron chi connectivity index (χ0n) is 16.9. The van der Waals surface area contributed by atoms with Crippen LogP contribution in [-0.2, 0) is 11.4 Å². The number of aliphatic carboxylic acids is 1. The van der Waals surface area contributed by atoms with Crippen molar-refractivity contribution in [2.24, 2.45) is 5.92 Å². The van der Waals surface area contributed by atoms with Crippen LogP contribution < -0.4 is 4.74 Å². The lowest BCUT2D eigenvalue weighted by atomic mass is 9.91. The third-order valence-electron chi connectivity index (χ3n) is 5.69. The first-order valence-corrected chi connectivity index (χ1v) is 10.3. The molecule has 1 fully saturated rings. The second-order valence-corrected chi connectivity index (χ2v) is 7.65. The molecule has 0 spiro atoms. The quantitative estimate of drug-likeness (QED) is 0.628. The van der Waals surface area contributed by atoms with Gasteiger partial charge in [-0.1, -0.05) is 54.6 Å². The van der Waals surface area contributed by atoms with Crippen molar-refractivity contribution in [1.29, 1.82) is 0 Å². The van der Waals surface area contributed by atoms with Gasteiger partial charge in [0.25, 0.3) is 0 Å². The van der Waals surface area contributed by atoms with E-state index in [9.17, 15) is 9.90 Å². The summed E-state index contributed by atoms with van der Waals surface area (Å²) in [7, 11) is 0. The summed E-state index contributed by atoms with van der Waals surface area (Å²) in [4.78, 5) is 18.1. The summed E-state index contributed by atoms with van der Waals surface area (Å²) >= 11 is 0. The Morgan fingerprint density at radius 3 is 2.47 bits per heavy atom. The number of rotatable bonds is 7. The van der Waals surface area contributed by atoms with Gasteiger partial charge in [0.05, 0.1) is 12.0 Å². The Balaban J connectivity index is 1.62. The van der Waals surface area contributed by atoms with Crippen molar-refractivity contribution >= 4 is 5.97 Å². The average molecular weight is 402 g/mol. The SMILES string of the molecule is O=C(O)C1CCN(C(c2cccnc2)c2ccccc2OCc2ccccc2)CC1. The van der Waals surface area contributed by atoms with Crippen LogP contribution in [0.4, 0.5) is 0 Å². The maximum Gasteiger partial charge on any atom is 0.306 e. The van der Waals surface area contributed by atoms with E-state index in [0.717, 1.165) is 35.5 Å². The van der Waals surface area contributed by atoms with Gasteiger partial charge in [0.15, 0.2) is 0 Å². The third-order valence-corrected chi connectivity index (χ3v) is 5.69. The first kappa shape index (κ1) is 20.1. The summed E-state index contributed by atoms with van der Waals surface area (Å²) in [5.41, 5.74) is 3.28. The van der Waals surface area contributed by atoms with Crippen molar-refractivity contribution in [1.82, 2.24) is 9.88 Å². The largest absolute Gasteiger partial charge is 0.489 e. The van der Waals surface area contributed by atoms with E-state index in [0.29, 0.717) is 19.4 Å². The Bertz CT molecular complexity index is 954. The van der Waals surface area contributed by atoms with Gasteiger partial charge in [-0.25, -0.2) is 0 Å². The van der Waals surface area contributed by atoms with E-state index in [1.54, 1.807) is 6.20 Å². The van der Waals surface area contributed by atoms with Gasteiger partial charge in [-0.15, -0.1) is 0 Å². The summed E-state index contributed by atoms with van der Waals surface area (Å²) < 4.78 is 6.23. The number of pyridine rings is 1. The molecule has 5 heteroatoms. The van der Waals surface area contributed by atoms with E-state index in [-0.39, 0.29) is 12.0 Å². The lowest BCUT2D eigenvalue weighted by Crippen LogP contribution is -2.39. The highest BCUT2D eigenvalue weighted by Crippen LogP contribution is 2.37. The number of benzene rings is 2. The van der Waals surface area contributed by atoms with Gasteiger partial charge >= 0.3 is 5.97 Å². The fourth-order valence-electron chi connectivity index (χ4n) is 4.10. The number of para-hydroxylation sites is 1. The zero-order valence-corrected chi connectivity index (χ0v) is 16.9. The highest BCUT2D eigenvalue weighted by atomic mass is 16.5. The predicted octanol–water partition coefficient (Wildman–Crippen LogP) is 4.55. The summed E-state index contributed by atoms with van der Waals surface area (Å²) in [5, 5.41) is 9.37.